The van der Waals surface area contributed by atoms with Gasteiger partial charge in [0.05, 0.1) is 0 Å². The van der Waals surface area contributed by atoms with Crippen LogP contribution in [0.5, 0.6) is 28.7 Å². The Labute approximate surface area is 541 Å². The molecule has 20 heteroatoms. The number of esters is 5. The second-order valence-electron chi connectivity index (χ2n) is 25.5. The Balaban J connectivity index is 1.74. The summed E-state index contributed by atoms with van der Waals surface area (Å²) in [6, 6.07) is 18.9. The van der Waals surface area contributed by atoms with Gasteiger partial charge in [-0.25, -0.2) is 24.0 Å². The fraction of sp³-hybridized carbons (Fsp3) is 0.462. The Kier molecular flexibility index (Phi) is 23.0. The number of rotatable bonds is 15. The van der Waals surface area contributed by atoms with Gasteiger partial charge in [-0.3, -0.25) is 0 Å². The molecule has 0 fully saturated rings. The average Bonchev–Trinajstić information content (AvgIpc) is 2.03. The van der Waals surface area contributed by atoms with E-state index in [1.54, 1.807) is 104 Å². The lowest BCUT2D eigenvalue weighted by Crippen LogP contribution is -2.28. The van der Waals surface area contributed by atoms with Crippen LogP contribution in [0, 0.1) is 0 Å². The molecule has 0 unspecified atom stereocenters. The zero-order valence-electron chi connectivity index (χ0n) is 50.9. The Morgan fingerprint density at radius 1 is 0.271 bits per heavy atom. The first-order chi connectivity index (χ1) is 39.2. The highest BCUT2D eigenvalue weighted by Crippen LogP contribution is 2.44. The van der Waals surface area contributed by atoms with Gasteiger partial charge in [-0.15, -0.1) is 0 Å². The molecule has 0 aliphatic heterocycles. The van der Waals surface area contributed by atoms with Gasteiger partial charge < -0.3 is 47.4 Å². The molecule has 0 saturated heterocycles. The number of hydrogen-bond acceptors (Lipinski definition) is 15. The van der Waals surface area contributed by atoms with Crippen LogP contribution in [0.3, 0.4) is 0 Å². The molecule has 5 aromatic carbocycles. The van der Waals surface area contributed by atoms with E-state index < -0.39 is 90.9 Å². The lowest BCUT2D eigenvalue weighted by Gasteiger charge is -2.25. The largest absolute Gasteiger partial charge is 0.481 e. The van der Waals surface area contributed by atoms with Gasteiger partial charge in [0, 0.05) is 110 Å². The van der Waals surface area contributed by atoms with E-state index in [1.807, 2.05) is 60.7 Å². The summed E-state index contributed by atoms with van der Waals surface area (Å²) < 4.78 is 65.2. The minimum absolute atomic E-state index is 0.124. The maximum Gasteiger partial charge on any atom is 0.344 e. The van der Waals surface area contributed by atoms with Crippen molar-refractivity contribution in [3.63, 3.8) is 0 Å². The van der Waals surface area contributed by atoms with Crippen molar-refractivity contribution in [3.05, 3.63) is 139 Å². The molecule has 1 aliphatic rings. The highest BCUT2D eigenvalue weighted by molar-refractivity contribution is 9.11. The smallest absolute Gasteiger partial charge is 0.344 e. The Bertz CT molecular complexity index is 2690. The van der Waals surface area contributed by atoms with Crippen LogP contribution >= 0.6 is 79.6 Å². The minimum atomic E-state index is -0.821. The van der Waals surface area contributed by atoms with E-state index in [9.17, 15) is 24.0 Å². The topological polar surface area (TPSA) is 178 Å². The molecule has 0 spiro atoms. The fourth-order valence-corrected chi connectivity index (χ4v) is 12.1. The molecular formula is C65H75Br5O15. The monoisotopic (exact) mass is 1490 g/mol. The summed E-state index contributed by atoms with van der Waals surface area (Å²) >= 11 is 19.0. The van der Waals surface area contributed by atoms with Gasteiger partial charge in [0.1, 0.15) is 56.8 Å². The highest BCUT2D eigenvalue weighted by atomic mass is 79.9. The molecule has 0 atom stereocenters. The quantitative estimate of drug-likeness (QED) is 0.0700. The summed E-state index contributed by atoms with van der Waals surface area (Å²) in [6.45, 7) is 24.2. The third-order valence-corrected chi connectivity index (χ3v) is 14.0. The third kappa shape index (κ3) is 22.2. The van der Waals surface area contributed by atoms with Crippen LogP contribution in [-0.4, -0.2) is 90.9 Å². The predicted octanol–water partition coefficient (Wildman–Crippen LogP) is 15.4. The maximum absolute atomic E-state index is 13.6. The first-order valence-electron chi connectivity index (χ1n) is 27.5. The van der Waals surface area contributed by atoms with Crippen molar-refractivity contribution in [2.75, 3.05) is 33.0 Å². The SMILES string of the molecule is CC(C)(C)OC(=O)COc1c2cc(Br)cc1Cc1cc(Br)cc(c1OCC(=O)OC(C)(C)C)Cc1cc(Br)cc(c1OCC(=O)OC(C)(C)C)Cc1cc(Br)cc(c1OCC(=O)OC(C)(C)C)Cc1cc(Br)cc(c1OCC(=O)OC(C)(C)C)C2. The van der Waals surface area contributed by atoms with Crippen LogP contribution in [0.2, 0.25) is 0 Å². The number of carbonyl (C=O) groups excluding carboxylic acids is 5. The van der Waals surface area contributed by atoms with Crippen LogP contribution < -0.4 is 23.7 Å². The number of benzene rings is 5. The molecule has 10 bridgehead atoms. The van der Waals surface area contributed by atoms with Gasteiger partial charge in [-0.1, -0.05) is 79.6 Å². The van der Waals surface area contributed by atoms with Crippen molar-refractivity contribution in [2.24, 2.45) is 0 Å². The van der Waals surface area contributed by atoms with E-state index in [-0.39, 0.29) is 32.1 Å². The zero-order chi connectivity index (χ0) is 63.1. The second-order valence-corrected chi connectivity index (χ2v) is 30.1. The zero-order valence-corrected chi connectivity index (χ0v) is 58.8. The number of hydrogen-bond donors (Lipinski definition) is 0. The molecule has 1 aliphatic carbocycles. The summed E-state index contributed by atoms with van der Waals surface area (Å²) in [4.78, 5) is 68.1. The van der Waals surface area contributed by atoms with Crippen LogP contribution in [0.4, 0.5) is 0 Å². The fourth-order valence-electron chi connectivity index (χ4n) is 9.34. The molecular weight excluding hydrogens is 1420 g/mol. The maximum atomic E-state index is 13.6. The summed E-state index contributed by atoms with van der Waals surface area (Å²) in [5.74, 6) is -1.35. The molecule has 0 saturated carbocycles. The molecule has 0 heterocycles. The molecule has 0 N–H and O–H groups in total. The number of halogens is 5. The van der Waals surface area contributed by atoms with E-state index in [4.69, 9.17) is 47.4 Å². The van der Waals surface area contributed by atoms with E-state index in [2.05, 4.69) is 79.6 Å². The number of fused-ring (bicyclic) bond motifs is 10. The normalized spacial score (nSPS) is 12.9. The predicted molar refractivity (Wildman–Crippen MR) is 341 cm³/mol. The van der Waals surface area contributed by atoms with Crippen molar-refractivity contribution in [2.45, 2.75) is 164 Å². The molecule has 0 amide bonds. The molecule has 460 valence electrons. The first-order valence-corrected chi connectivity index (χ1v) is 31.5. The standard InChI is InChI=1S/C65H75Br5O15/c1-61(2,3)81-51(71)31-76-56-36-16-38-23-47(67)25-40(57(38)77-32-52(72)82-62(4,5)6)18-42-27-49(69)29-44(59(42)79-34-54(74)84-64(10,11)12)20-45-30-50(70)28-43(60(45)80-35-55(75)85-65(13,14)15)19-41-26-48(68)24-39(17-37(56)22-46(66)21-36)58(41)78-33-53(73)83-63(7,8)9/h21-30H,16-20,31-35H2,1-15H3. The summed E-state index contributed by atoms with van der Waals surface area (Å²) in [7, 11) is 0. The average molecular weight is 1500 g/mol. The lowest BCUT2D eigenvalue weighted by molar-refractivity contribution is -0.158. The van der Waals surface area contributed by atoms with Crippen molar-refractivity contribution in [1.29, 1.82) is 0 Å². The molecule has 85 heavy (non-hydrogen) atoms. The van der Waals surface area contributed by atoms with Crippen LogP contribution in [0.15, 0.2) is 83.0 Å². The molecule has 15 nitrogen and oxygen atoms in total. The highest BCUT2D eigenvalue weighted by Gasteiger charge is 2.29. The first kappa shape index (κ1) is 69.0. The Morgan fingerprint density at radius 2 is 0.388 bits per heavy atom. The van der Waals surface area contributed by atoms with Crippen molar-refractivity contribution >= 4 is 109 Å². The summed E-state index contributed by atoms with van der Waals surface area (Å²) in [6.07, 6.45) is 0.621. The second kappa shape index (κ2) is 28.3. The van der Waals surface area contributed by atoms with E-state index in [0.717, 1.165) is 0 Å². The van der Waals surface area contributed by atoms with Crippen molar-refractivity contribution in [3.8, 4) is 28.7 Å². The van der Waals surface area contributed by atoms with Crippen molar-refractivity contribution < 1.29 is 71.3 Å². The summed E-state index contributed by atoms with van der Waals surface area (Å²) in [5.41, 5.74) is 2.00. The Morgan fingerprint density at radius 3 is 0.494 bits per heavy atom. The Hall–Kier alpha value is -5.15. The van der Waals surface area contributed by atoms with E-state index >= 15 is 0 Å². The molecule has 5 aromatic rings. The molecule has 6 rings (SSSR count). The van der Waals surface area contributed by atoms with Gasteiger partial charge in [-0.2, -0.15) is 0 Å². The lowest BCUT2D eigenvalue weighted by atomic mass is 9.91. The van der Waals surface area contributed by atoms with Crippen LogP contribution in [-0.2, 0) is 79.8 Å². The van der Waals surface area contributed by atoms with Crippen LogP contribution in [0.1, 0.15) is 159 Å². The van der Waals surface area contributed by atoms with Gasteiger partial charge in [-0.05, 0) is 165 Å². The summed E-state index contributed by atoms with van der Waals surface area (Å²) in [5, 5.41) is 0. The molecule has 0 radical (unpaired) electrons. The van der Waals surface area contributed by atoms with E-state index in [1.165, 1.54) is 0 Å². The van der Waals surface area contributed by atoms with Gasteiger partial charge >= 0.3 is 29.8 Å². The van der Waals surface area contributed by atoms with Crippen molar-refractivity contribution in [1.82, 2.24) is 0 Å². The minimum Gasteiger partial charge on any atom is -0.481 e. The number of ether oxygens (including phenoxy) is 10. The van der Waals surface area contributed by atoms with Crippen LogP contribution in [0.25, 0.3) is 0 Å². The number of carbonyl (C=O) groups is 5. The van der Waals surface area contributed by atoms with E-state index in [0.29, 0.717) is 107 Å². The van der Waals surface area contributed by atoms with Gasteiger partial charge in [0.15, 0.2) is 33.0 Å². The third-order valence-electron chi connectivity index (χ3n) is 11.7. The van der Waals surface area contributed by atoms with Gasteiger partial charge in [0.25, 0.3) is 0 Å². The molecule has 0 aromatic heterocycles. The van der Waals surface area contributed by atoms with Gasteiger partial charge in [0.2, 0.25) is 0 Å².